The van der Waals surface area contributed by atoms with Gasteiger partial charge in [-0.15, -0.1) is 0 Å². The molecule has 0 fully saturated rings. The number of carbonyl (C=O) groups excluding carboxylic acids is 1. The highest BCUT2D eigenvalue weighted by atomic mass is 35.5. The zero-order valence-electron chi connectivity index (χ0n) is 11.6. The van der Waals surface area contributed by atoms with Gasteiger partial charge in [-0.3, -0.25) is 4.79 Å². The van der Waals surface area contributed by atoms with Gasteiger partial charge in [-0.1, -0.05) is 54.1 Å². The summed E-state index contributed by atoms with van der Waals surface area (Å²) in [5, 5.41) is 3.17. The standard InChI is InChI=1S/C18H12ClN2O/c19-17-10-9-15(12-20-17)18(22)21-16-8-4-7-14(11-16)13-5-2-1-3-6-13/h1-7,9-12H,(H,21,22). The minimum Gasteiger partial charge on any atom is -0.321 e. The van der Waals surface area contributed by atoms with Crippen LogP contribution in [0.2, 0.25) is 5.15 Å². The number of nitrogens with zero attached hydrogens (tertiary/aromatic N) is 1. The summed E-state index contributed by atoms with van der Waals surface area (Å²) >= 11 is 5.72. The van der Waals surface area contributed by atoms with Crippen LogP contribution in [0.15, 0.2) is 66.9 Å². The maximum Gasteiger partial charge on any atom is 0.257 e. The van der Waals surface area contributed by atoms with Crippen molar-refractivity contribution in [3.63, 3.8) is 0 Å². The van der Waals surface area contributed by atoms with Crippen LogP contribution < -0.4 is 5.32 Å². The molecular formula is C18H12ClN2O. The van der Waals surface area contributed by atoms with Gasteiger partial charge < -0.3 is 5.32 Å². The zero-order valence-corrected chi connectivity index (χ0v) is 12.3. The smallest absolute Gasteiger partial charge is 0.257 e. The van der Waals surface area contributed by atoms with E-state index in [1.165, 1.54) is 6.20 Å². The van der Waals surface area contributed by atoms with Crippen LogP contribution in [-0.4, -0.2) is 10.9 Å². The van der Waals surface area contributed by atoms with E-state index in [0.29, 0.717) is 16.4 Å². The quantitative estimate of drug-likeness (QED) is 0.726. The van der Waals surface area contributed by atoms with Crippen LogP contribution in [0.25, 0.3) is 11.1 Å². The Morgan fingerprint density at radius 1 is 1.05 bits per heavy atom. The fourth-order valence-corrected chi connectivity index (χ4v) is 2.17. The number of aromatic nitrogens is 1. The first kappa shape index (κ1) is 14.3. The lowest BCUT2D eigenvalue weighted by molar-refractivity contribution is 0.102. The van der Waals surface area contributed by atoms with Crippen LogP contribution in [0.3, 0.4) is 0 Å². The largest absolute Gasteiger partial charge is 0.321 e. The number of pyridine rings is 1. The summed E-state index contributed by atoms with van der Waals surface area (Å²) in [5.74, 6) is -0.245. The van der Waals surface area contributed by atoms with Gasteiger partial charge in [0, 0.05) is 18.0 Å². The van der Waals surface area contributed by atoms with Gasteiger partial charge in [0.25, 0.3) is 5.91 Å². The number of amides is 1. The molecule has 0 saturated heterocycles. The van der Waals surface area contributed by atoms with Gasteiger partial charge in [-0.2, -0.15) is 0 Å². The predicted octanol–water partition coefficient (Wildman–Crippen LogP) is 4.45. The molecule has 1 radical (unpaired) electrons. The molecule has 3 nitrogen and oxygen atoms in total. The van der Waals surface area contributed by atoms with Crippen molar-refractivity contribution in [3.8, 4) is 11.1 Å². The predicted molar refractivity (Wildman–Crippen MR) is 87.9 cm³/mol. The van der Waals surface area contributed by atoms with E-state index in [1.54, 1.807) is 18.2 Å². The molecular weight excluding hydrogens is 296 g/mol. The van der Waals surface area contributed by atoms with Crippen molar-refractivity contribution in [2.45, 2.75) is 0 Å². The molecule has 107 valence electrons. The molecule has 1 amide bonds. The number of rotatable bonds is 3. The lowest BCUT2D eigenvalue weighted by Gasteiger charge is -2.07. The summed E-state index contributed by atoms with van der Waals surface area (Å²) in [7, 11) is 0. The maximum atomic E-state index is 12.2. The molecule has 0 spiro atoms. The zero-order chi connectivity index (χ0) is 15.4. The Labute approximate surface area is 133 Å². The summed E-state index contributed by atoms with van der Waals surface area (Å²) in [6.07, 6.45) is 1.44. The van der Waals surface area contributed by atoms with E-state index >= 15 is 0 Å². The molecule has 0 bridgehead atoms. The van der Waals surface area contributed by atoms with E-state index in [9.17, 15) is 4.79 Å². The van der Waals surface area contributed by atoms with Crippen molar-refractivity contribution in [2.75, 3.05) is 5.32 Å². The van der Waals surface area contributed by atoms with Crippen LogP contribution in [0.4, 0.5) is 5.69 Å². The average Bonchev–Trinajstić information content (AvgIpc) is 2.56. The van der Waals surface area contributed by atoms with Gasteiger partial charge in [0.15, 0.2) is 0 Å². The summed E-state index contributed by atoms with van der Waals surface area (Å²) in [6.45, 7) is 0. The Bertz CT molecular complexity index is 786. The maximum absolute atomic E-state index is 12.2. The topological polar surface area (TPSA) is 42.0 Å². The monoisotopic (exact) mass is 307 g/mol. The fraction of sp³-hybridized carbons (Fsp3) is 0. The normalized spacial score (nSPS) is 10.2. The number of hydrogen-bond acceptors (Lipinski definition) is 2. The summed E-state index contributed by atoms with van der Waals surface area (Å²) < 4.78 is 0. The molecule has 0 aliphatic carbocycles. The van der Waals surface area contributed by atoms with Gasteiger partial charge in [0.05, 0.1) is 5.56 Å². The van der Waals surface area contributed by atoms with E-state index in [1.807, 2.05) is 42.5 Å². The number of nitrogens with one attached hydrogen (secondary N) is 1. The number of benzene rings is 2. The molecule has 0 aliphatic rings. The van der Waals surface area contributed by atoms with Crippen LogP contribution in [0, 0.1) is 6.07 Å². The van der Waals surface area contributed by atoms with Crippen LogP contribution in [0.5, 0.6) is 0 Å². The summed E-state index contributed by atoms with van der Waals surface area (Å²) in [4.78, 5) is 16.1. The fourth-order valence-electron chi connectivity index (χ4n) is 2.05. The van der Waals surface area contributed by atoms with Crippen LogP contribution in [0.1, 0.15) is 10.4 Å². The third-order valence-electron chi connectivity index (χ3n) is 3.15. The van der Waals surface area contributed by atoms with Crippen LogP contribution >= 0.6 is 11.6 Å². The highest BCUT2D eigenvalue weighted by molar-refractivity contribution is 6.29. The Hall–Kier alpha value is -2.65. The number of carbonyl (C=O) groups is 1. The van der Waals surface area contributed by atoms with Crippen LogP contribution in [-0.2, 0) is 0 Å². The Morgan fingerprint density at radius 3 is 2.59 bits per heavy atom. The van der Waals surface area contributed by atoms with E-state index in [0.717, 1.165) is 11.1 Å². The van der Waals surface area contributed by atoms with E-state index < -0.39 is 0 Å². The van der Waals surface area contributed by atoms with Gasteiger partial charge in [-0.25, -0.2) is 4.98 Å². The number of anilines is 1. The molecule has 0 atom stereocenters. The van der Waals surface area contributed by atoms with Crippen molar-refractivity contribution in [1.82, 2.24) is 4.98 Å². The second-order valence-electron chi connectivity index (χ2n) is 4.68. The lowest BCUT2D eigenvalue weighted by atomic mass is 10.1. The molecule has 1 heterocycles. The lowest BCUT2D eigenvalue weighted by Crippen LogP contribution is -2.12. The van der Waals surface area contributed by atoms with Crippen molar-refractivity contribution in [2.24, 2.45) is 0 Å². The molecule has 1 aromatic heterocycles. The molecule has 3 rings (SSSR count). The molecule has 3 aromatic rings. The van der Waals surface area contributed by atoms with Crippen molar-refractivity contribution in [1.29, 1.82) is 0 Å². The van der Waals surface area contributed by atoms with Crippen molar-refractivity contribution >= 4 is 23.2 Å². The van der Waals surface area contributed by atoms with Gasteiger partial charge in [0.1, 0.15) is 5.15 Å². The first-order valence-electron chi connectivity index (χ1n) is 6.72. The first-order valence-corrected chi connectivity index (χ1v) is 7.10. The summed E-state index contributed by atoms with van der Waals surface area (Å²) in [6, 6.07) is 21.8. The molecule has 0 saturated carbocycles. The molecule has 1 N–H and O–H groups in total. The molecule has 2 aromatic carbocycles. The molecule has 22 heavy (non-hydrogen) atoms. The highest BCUT2D eigenvalue weighted by Crippen LogP contribution is 2.22. The Balaban J connectivity index is 1.81. The highest BCUT2D eigenvalue weighted by Gasteiger charge is 2.07. The second kappa shape index (κ2) is 6.41. The molecule has 0 aliphatic heterocycles. The van der Waals surface area contributed by atoms with E-state index in [4.69, 9.17) is 11.6 Å². The number of hydrogen-bond donors (Lipinski definition) is 1. The average molecular weight is 308 g/mol. The third kappa shape index (κ3) is 3.32. The van der Waals surface area contributed by atoms with E-state index in [-0.39, 0.29) is 5.91 Å². The molecule has 4 heteroatoms. The first-order chi connectivity index (χ1) is 10.7. The Morgan fingerprint density at radius 2 is 1.86 bits per heavy atom. The minimum atomic E-state index is -0.245. The van der Waals surface area contributed by atoms with Crippen molar-refractivity contribution in [3.05, 3.63) is 83.6 Å². The third-order valence-corrected chi connectivity index (χ3v) is 3.37. The summed E-state index contributed by atoms with van der Waals surface area (Å²) in [5.41, 5.74) is 3.16. The SMILES string of the molecule is O=C(Nc1[c]ccc(-c2ccccc2)c1)c1ccc(Cl)nc1. The van der Waals surface area contributed by atoms with E-state index in [2.05, 4.69) is 16.4 Å². The van der Waals surface area contributed by atoms with Crippen molar-refractivity contribution < 1.29 is 4.79 Å². The second-order valence-corrected chi connectivity index (χ2v) is 5.07. The minimum absolute atomic E-state index is 0.245. The van der Waals surface area contributed by atoms with Gasteiger partial charge in [-0.05, 0) is 29.3 Å². The van der Waals surface area contributed by atoms with Gasteiger partial charge in [0.2, 0.25) is 0 Å². The number of halogens is 1. The molecule has 0 unspecified atom stereocenters. The Kier molecular flexibility index (Phi) is 4.17. The van der Waals surface area contributed by atoms with Gasteiger partial charge >= 0.3 is 0 Å².